The van der Waals surface area contributed by atoms with Gasteiger partial charge < -0.3 is 5.73 Å². The third kappa shape index (κ3) is 4.33. The van der Waals surface area contributed by atoms with E-state index in [0.29, 0.717) is 12.3 Å². The summed E-state index contributed by atoms with van der Waals surface area (Å²) in [5.74, 6) is -0.384. The summed E-state index contributed by atoms with van der Waals surface area (Å²) < 4.78 is 39.9. The smallest absolute Gasteiger partial charge is 0.242 e. The van der Waals surface area contributed by atoms with E-state index in [9.17, 15) is 12.8 Å². The summed E-state index contributed by atoms with van der Waals surface area (Å²) in [5.41, 5.74) is 5.12. The fraction of sp³-hybridized carbons (Fsp3) is 0.500. The minimum atomic E-state index is -3.80. The van der Waals surface area contributed by atoms with Crippen LogP contribution in [0.4, 0.5) is 10.1 Å². The summed E-state index contributed by atoms with van der Waals surface area (Å²) in [7, 11) is -3.80. The predicted molar refractivity (Wildman–Crippen MR) is 75.1 cm³/mol. The second-order valence-electron chi connectivity index (χ2n) is 4.96. The number of nitrogens with two attached hydrogens (primary N) is 1. The maximum absolute atomic E-state index is 13.2. The van der Waals surface area contributed by atoms with Gasteiger partial charge in [-0.1, -0.05) is 25.4 Å². The van der Waals surface area contributed by atoms with Crippen molar-refractivity contribution in [3.63, 3.8) is 0 Å². The molecule has 0 saturated carbocycles. The van der Waals surface area contributed by atoms with Crippen LogP contribution in [-0.2, 0) is 10.0 Å². The molecule has 1 rings (SSSR count). The highest BCUT2D eigenvalue weighted by Crippen LogP contribution is 2.26. The van der Waals surface area contributed by atoms with Crippen molar-refractivity contribution < 1.29 is 12.8 Å². The standard InChI is InChI=1S/C12H18ClFN2O2S/c1-7(2)4-8(3)16-19(17,18)12-6-11(15)10(14)5-9(12)13/h5-8,16H,4,15H2,1-3H3. The highest BCUT2D eigenvalue weighted by atomic mass is 35.5. The van der Waals surface area contributed by atoms with Gasteiger partial charge in [-0.2, -0.15) is 0 Å². The van der Waals surface area contributed by atoms with Crippen LogP contribution in [0.15, 0.2) is 17.0 Å². The number of benzene rings is 1. The van der Waals surface area contributed by atoms with Crippen molar-refractivity contribution in [2.75, 3.05) is 5.73 Å². The molecule has 1 aromatic rings. The lowest BCUT2D eigenvalue weighted by molar-refractivity contribution is 0.482. The first-order chi connectivity index (χ1) is 8.63. The molecule has 7 heteroatoms. The van der Waals surface area contributed by atoms with Gasteiger partial charge in [0.1, 0.15) is 10.7 Å². The average Bonchev–Trinajstić information content (AvgIpc) is 2.20. The minimum Gasteiger partial charge on any atom is -0.396 e. The normalized spacial score (nSPS) is 13.8. The van der Waals surface area contributed by atoms with Crippen molar-refractivity contribution in [3.8, 4) is 0 Å². The molecule has 0 heterocycles. The molecule has 0 bridgehead atoms. The molecule has 19 heavy (non-hydrogen) atoms. The number of rotatable bonds is 5. The number of anilines is 1. The van der Waals surface area contributed by atoms with Crippen LogP contribution in [0.2, 0.25) is 5.02 Å². The number of nitrogen functional groups attached to an aromatic ring is 1. The Morgan fingerprint density at radius 1 is 1.37 bits per heavy atom. The molecule has 1 atom stereocenters. The second-order valence-corrected chi connectivity index (χ2v) is 7.05. The highest BCUT2D eigenvalue weighted by Gasteiger charge is 2.22. The Kier molecular flexibility index (Phi) is 5.18. The van der Waals surface area contributed by atoms with Crippen LogP contribution in [0.25, 0.3) is 0 Å². The molecule has 0 aliphatic rings. The third-order valence-corrected chi connectivity index (χ3v) is 4.58. The lowest BCUT2D eigenvalue weighted by Crippen LogP contribution is -2.33. The van der Waals surface area contributed by atoms with Gasteiger partial charge in [0, 0.05) is 6.04 Å². The van der Waals surface area contributed by atoms with Crippen molar-refractivity contribution >= 4 is 27.3 Å². The summed E-state index contributed by atoms with van der Waals surface area (Å²) in [5, 5.41) is -0.184. The third-order valence-electron chi connectivity index (χ3n) is 2.52. The lowest BCUT2D eigenvalue weighted by atomic mass is 10.1. The van der Waals surface area contributed by atoms with Gasteiger partial charge in [0.15, 0.2) is 0 Å². The zero-order valence-electron chi connectivity index (χ0n) is 11.1. The molecule has 0 fully saturated rings. The van der Waals surface area contributed by atoms with Crippen molar-refractivity contribution in [2.24, 2.45) is 5.92 Å². The first-order valence-electron chi connectivity index (χ1n) is 5.90. The molecule has 0 aliphatic heterocycles. The zero-order chi connectivity index (χ0) is 14.8. The van der Waals surface area contributed by atoms with E-state index in [4.69, 9.17) is 17.3 Å². The Bertz CT molecular complexity index is 561. The fourth-order valence-electron chi connectivity index (χ4n) is 1.83. The highest BCUT2D eigenvalue weighted by molar-refractivity contribution is 7.89. The lowest BCUT2D eigenvalue weighted by Gasteiger charge is -2.17. The molecule has 0 aliphatic carbocycles. The van der Waals surface area contributed by atoms with Gasteiger partial charge in [-0.3, -0.25) is 0 Å². The Hall–Kier alpha value is -0.850. The Labute approximate surface area is 118 Å². The summed E-state index contributed by atoms with van der Waals surface area (Å²) >= 11 is 5.76. The van der Waals surface area contributed by atoms with E-state index in [1.165, 1.54) is 0 Å². The number of sulfonamides is 1. The van der Waals surface area contributed by atoms with Crippen LogP contribution in [0.5, 0.6) is 0 Å². The van der Waals surface area contributed by atoms with Crippen LogP contribution in [-0.4, -0.2) is 14.5 Å². The van der Waals surface area contributed by atoms with E-state index < -0.39 is 15.8 Å². The van der Waals surface area contributed by atoms with E-state index in [-0.39, 0.29) is 21.6 Å². The van der Waals surface area contributed by atoms with Gasteiger partial charge in [-0.25, -0.2) is 17.5 Å². The molecule has 0 radical (unpaired) electrons. The minimum absolute atomic E-state index is 0.184. The summed E-state index contributed by atoms with van der Waals surface area (Å²) in [4.78, 5) is -0.205. The van der Waals surface area contributed by atoms with Crippen molar-refractivity contribution in [1.29, 1.82) is 0 Å². The van der Waals surface area contributed by atoms with Gasteiger partial charge in [-0.05, 0) is 31.4 Å². The van der Waals surface area contributed by atoms with Gasteiger partial charge in [0.2, 0.25) is 10.0 Å². The van der Waals surface area contributed by atoms with Gasteiger partial charge in [-0.15, -0.1) is 0 Å². The van der Waals surface area contributed by atoms with Crippen molar-refractivity contribution in [2.45, 2.75) is 38.1 Å². The number of nitrogens with one attached hydrogen (secondary N) is 1. The SMILES string of the molecule is CC(C)CC(C)NS(=O)(=O)c1cc(N)c(F)cc1Cl. The topological polar surface area (TPSA) is 72.2 Å². The van der Waals surface area contributed by atoms with Crippen molar-refractivity contribution in [1.82, 2.24) is 4.72 Å². The zero-order valence-corrected chi connectivity index (χ0v) is 12.6. The van der Waals surface area contributed by atoms with E-state index in [2.05, 4.69) is 4.72 Å². The van der Waals surface area contributed by atoms with E-state index >= 15 is 0 Å². The van der Waals surface area contributed by atoms with Crippen LogP contribution < -0.4 is 10.5 Å². The second kappa shape index (κ2) is 6.07. The Morgan fingerprint density at radius 2 is 1.95 bits per heavy atom. The van der Waals surface area contributed by atoms with E-state index in [0.717, 1.165) is 12.1 Å². The first kappa shape index (κ1) is 16.2. The van der Waals surface area contributed by atoms with Crippen LogP contribution in [0, 0.1) is 11.7 Å². The Balaban J connectivity index is 3.04. The van der Waals surface area contributed by atoms with Gasteiger partial charge in [0.05, 0.1) is 10.7 Å². The molecule has 1 unspecified atom stereocenters. The fourth-order valence-corrected chi connectivity index (χ4v) is 3.64. The molecule has 0 aromatic heterocycles. The van der Waals surface area contributed by atoms with E-state index in [1.807, 2.05) is 13.8 Å². The van der Waals surface area contributed by atoms with Crippen molar-refractivity contribution in [3.05, 3.63) is 23.0 Å². The molecule has 1 aromatic carbocycles. The maximum Gasteiger partial charge on any atom is 0.242 e. The molecule has 0 spiro atoms. The summed E-state index contributed by atoms with van der Waals surface area (Å²) in [6.07, 6.45) is 0.688. The molecular weight excluding hydrogens is 291 g/mol. The number of halogens is 2. The van der Waals surface area contributed by atoms with Gasteiger partial charge >= 0.3 is 0 Å². The number of hydrogen-bond acceptors (Lipinski definition) is 3. The average molecular weight is 309 g/mol. The van der Waals surface area contributed by atoms with Crippen LogP contribution in [0.1, 0.15) is 27.2 Å². The summed E-state index contributed by atoms with van der Waals surface area (Å²) in [6.45, 7) is 5.75. The first-order valence-corrected chi connectivity index (χ1v) is 7.76. The molecule has 0 saturated heterocycles. The van der Waals surface area contributed by atoms with Gasteiger partial charge in [0.25, 0.3) is 0 Å². The maximum atomic E-state index is 13.2. The Morgan fingerprint density at radius 3 is 2.47 bits per heavy atom. The summed E-state index contributed by atoms with van der Waals surface area (Å²) in [6, 6.07) is 1.69. The number of hydrogen-bond donors (Lipinski definition) is 2. The largest absolute Gasteiger partial charge is 0.396 e. The monoisotopic (exact) mass is 308 g/mol. The molecule has 108 valence electrons. The van der Waals surface area contributed by atoms with E-state index in [1.54, 1.807) is 6.92 Å². The quantitative estimate of drug-likeness (QED) is 0.822. The van der Waals surface area contributed by atoms with Crippen LogP contribution >= 0.6 is 11.6 Å². The molecular formula is C12H18ClFN2O2S. The molecule has 3 N–H and O–H groups in total. The molecule has 4 nitrogen and oxygen atoms in total. The van der Waals surface area contributed by atoms with Crippen LogP contribution in [0.3, 0.4) is 0 Å². The predicted octanol–water partition coefficient (Wildman–Crippen LogP) is 2.77. The molecule has 0 amide bonds.